The van der Waals surface area contributed by atoms with Gasteiger partial charge in [-0.2, -0.15) is 0 Å². The summed E-state index contributed by atoms with van der Waals surface area (Å²) in [7, 11) is 2.21. The Morgan fingerprint density at radius 3 is 1.75 bits per heavy atom. The van der Waals surface area contributed by atoms with E-state index in [1.165, 1.54) is 0 Å². The van der Waals surface area contributed by atoms with Gasteiger partial charge in [-0.3, -0.25) is 19.7 Å². The molecule has 0 amide bonds. The monoisotopic (exact) mass is 233 g/mol. The fraction of sp³-hybridized carbons (Fsp3) is 0.714. The molecule has 0 spiro atoms. The van der Waals surface area contributed by atoms with Crippen molar-refractivity contribution in [3.05, 3.63) is 10.1 Å². The molecule has 0 aromatic rings. The zero-order valence-electron chi connectivity index (χ0n) is 8.63. The maximum absolute atomic E-state index is 11.2. The number of ether oxygens (including phenoxy) is 2. The quantitative estimate of drug-likeness (QED) is 0.321. The maximum Gasteiger partial charge on any atom is 0.331 e. The molecule has 2 N–H and O–H groups in total. The highest BCUT2D eigenvalue weighted by molar-refractivity contribution is 5.82. The second-order valence-corrected chi connectivity index (χ2v) is 3.07. The molecule has 0 radical (unpaired) electrons. The molecule has 9 heteroatoms. The van der Waals surface area contributed by atoms with E-state index in [0.717, 1.165) is 14.2 Å². The second kappa shape index (κ2) is 4.86. The number of methoxy groups -OCH3 is 2. The van der Waals surface area contributed by atoms with Crippen LogP contribution < -0.4 is 10.9 Å². The average Bonchev–Trinajstić information content (AvgIpc) is 2.71. The molecule has 1 heterocycles. The Labute approximate surface area is 90.2 Å². The number of nitrogens with one attached hydrogen (secondary N) is 2. The molecular formula is C7H11N3O6. The summed E-state index contributed by atoms with van der Waals surface area (Å²) in [6.45, 7) is 0. The molecule has 0 saturated carbocycles. The highest BCUT2D eigenvalue weighted by Gasteiger charge is 2.53. The molecule has 0 bridgehead atoms. The van der Waals surface area contributed by atoms with E-state index in [0.29, 0.717) is 0 Å². The maximum atomic E-state index is 11.2. The summed E-state index contributed by atoms with van der Waals surface area (Å²) in [5, 5.41) is 10.8. The van der Waals surface area contributed by atoms with Crippen molar-refractivity contribution in [3.63, 3.8) is 0 Å². The van der Waals surface area contributed by atoms with Gasteiger partial charge in [0.1, 0.15) is 0 Å². The molecule has 9 nitrogen and oxygen atoms in total. The zero-order valence-corrected chi connectivity index (χ0v) is 8.63. The average molecular weight is 233 g/mol. The Kier molecular flexibility index (Phi) is 3.74. The van der Waals surface area contributed by atoms with Crippen LogP contribution in [0.5, 0.6) is 0 Å². The van der Waals surface area contributed by atoms with Crippen LogP contribution in [0, 0.1) is 10.1 Å². The van der Waals surface area contributed by atoms with E-state index in [1.807, 2.05) is 0 Å². The molecule has 1 fully saturated rings. The van der Waals surface area contributed by atoms with Crippen molar-refractivity contribution in [1.29, 1.82) is 0 Å². The summed E-state index contributed by atoms with van der Waals surface area (Å²) in [5.41, 5.74) is 4.67. The first-order valence-corrected chi connectivity index (χ1v) is 4.33. The molecule has 0 aliphatic carbocycles. The Bertz CT molecular complexity index is 295. The van der Waals surface area contributed by atoms with Crippen LogP contribution in [-0.4, -0.2) is 49.2 Å². The predicted molar refractivity (Wildman–Crippen MR) is 48.7 cm³/mol. The molecule has 2 atom stereocenters. The normalized spacial score (nSPS) is 28.5. The summed E-state index contributed by atoms with van der Waals surface area (Å²) in [5.74, 6) is -1.64. The number of nitrogens with zero attached hydrogens (tertiary/aromatic N) is 1. The number of nitro groups is 1. The van der Waals surface area contributed by atoms with Gasteiger partial charge in [-0.25, -0.2) is 10.9 Å². The van der Waals surface area contributed by atoms with E-state index >= 15 is 0 Å². The number of carbonyl (C=O) groups excluding carboxylic acids is 2. The molecule has 1 aliphatic heterocycles. The first-order chi connectivity index (χ1) is 7.52. The Hall–Kier alpha value is -1.74. The second-order valence-electron chi connectivity index (χ2n) is 3.07. The lowest BCUT2D eigenvalue weighted by atomic mass is 10.0. The third kappa shape index (κ3) is 2.09. The number of carbonyl (C=O) groups is 2. The predicted octanol–water partition coefficient (Wildman–Crippen LogP) is -2.18. The van der Waals surface area contributed by atoms with E-state index in [-0.39, 0.29) is 0 Å². The van der Waals surface area contributed by atoms with Crippen LogP contribution in [0.15, 0.2) is 0 Å². The molecule has 0 aromatic carbocycles. The highest BCUT2D eigenvalue weighted by Crippen LogP contribution is 2.12. The number of hydrogen-bond acceptors (Lipinski definition) is 8. The first kappa shape index (κ1) is 12.3. The van der Waals surface area contributed by atoms with Crippen molar-refractivity contribution >= 4 is 11.9 Å². The Morgan fingerprint density at radius 1 is 1.12 bits per heavy atom. The van der Waals surface area contributed by atoms with Crippen LogP contribution in [-0.2, 0) is 19.1 Å². The molecule has 2 unspecified atom stereocenters. The standard InChI is InChI=1S/C7H11N3O6/c1-15-6(11)3-5(10(13)14)4(9-8-3)7(12)16-2/h3-5,8-9H,1-2H3. The van der Waals surface area contributed by atoms with E-state index in [1.54, 1.807) is 0 Å². The number of esters is 2. The summed E-state index contributed by atoms with van der Waals surface area (Å²) >= 11 is 0. The number of hydrazine groups is 1. The SMILES string of the molecule is COC(=O)C1NNC(C(=O)OC)C1[N+](=O)[O-]. The van der Waals surface area contributed by atoms with Crippen LogP contribution in [0.4, 0.5) is 0 Å². The van der Waals surface area contributed by atoms with Crippen LogP contribution in [0.2, 0.25) is 0 Å². The topological polar surface area (TPSA) is 120 Å². The van der Waals surface area contributed by atoms with Crippen molar-refractivity contribution in [1.82, 2.24) is 10.9 Å². The first-order valence-electron chi connectivity index (χ1n) is 4.33. The number of hydrogen-bond donors (Lipinski definition) is 2. The third-order valence-corrected chi connectivity index (χ3v) is 2.23. The van der Waals surface area contributed by atoms with Gasteiger partial charge in [-0.05, 0) is 0 Å². The largest absolute Gasteiger partial charge is 0.468 e. The molecule has 1 rings (SSSR count). The fourth-order valence-corrected chi connectivity index (χ4v) is 1.44. The van der Waals surface area contributed by atoms with Crippen LogP contribution in [0.3, 0.4) is 0 Å². The summed E-state index contributed by atoms with van der Waals surface area (Å²) in [6.07, 6.45) is 0. The minimum Gasteiger partial charge on any atom is -0.468 e. The summed E-state index contributed by atoms with van der Waals surface area (Å²) in [6, 6.07) is -3.90. The van der Waals surface area contributed by atoms with Gasteiger partial charge in [0.2, 0.25) is 0 Å². The highest BCUT2D eigenvalue weighted by atomic mass is 16.6. The smallest absolute Gasteiger partial charge is 0.331 e. The third-order valence-electron chi connectivity index (χ3n) is 2.23. The van der Waals surface area contributed by atoms with Crippen molar-refractivity contribution in [2.24, 2.45) is 0 Å². The van der Waals surface area contributed by atoms with Gasteiger partial charge < -0.3 is 9.47 Å². The molecule has 16 heavy (non-hydrogen) atoms. The van der Waals surface area contributed by atoms with Gasteiger partial charge in [0, 0.05) is 4.92 Å². The Balaban J connectivity index is 2.89. The van der Waals surface area contributed by atoms with Crippen LogP contribution in [0.25, 0.3) is 0 Å². The van der Waals surface area contributed by atoms with Crippen molar-refractivity contribution in [2.75, 3.05) is 14.2 Å². The van der Waals surface area contributed by atoms with Gasteiger partial charge in [0.05, 0.1) is 14.2 Å². The lowest BCUT2D eigenvalue weighted by molar-refractivity contribution is -0.522. The lowest BCUT2D eigenvalue weighted by Crippen LogP contribution is -2.48. The van der Waals surface area contributed by atoms with E-state index < -0.39 is 35.0 Å². The fourth-order valence-electron chi connectivity index (χ4n) is 1.44. The molecule has 1 saturated heterocycles. The summed E-state index contributed by atoms with van der Waals surface area (Å²) < 4.78 is 8.76. The van der Waals surface area contributed by atoms with Gasteiger partial charge >= 0.3 is 11.9 Å². The minimum atomic E-state index is -1.46. The van der Waals surface area contributed by atoms with Gasteiger partial charge in [-0.1, -0.05) is 0 Å². The van der Waals surface area contributed by atoms with E-state index in [2.05, 4.69) is 20.3 Å². The number of rotatable bonds is 3. The van der Waals surface area contributed by atoms with Crippen LogP contribution in [0.1, 0.15) is 0 Å². The lowest BCUT2D eigenvalue weighted by Gasteiger charge is -2.12. The summed E-state index contributed by atoms with van der Waals surface area (Å²) in [4.78, 5) is 32.5. The molecule has 0 aromatic heterocycles. The van der Waals surface area contributed by atoms with Crippen molar-refractivity contribution < 1.29 is 24.0 Å². The zero-order chi connectivity index (χ0) is 12.3. The molecular weight excluding hydrogens is 222 g/mol. The van der Waals surface area contributed by atoms with Gasteiger partial charge in [-0.15, -0.1) is 0 Å². The van der Waals surface area contributed by atoms with Crippen LogP contribution >= 0.6 is 0 Å². The van der Waals surface area contributed by atoms with Gasteiger partial charge in [0.15, 0.2) is 12.1 Å². The molecule has 1 aliphatic rings. The minimum absolute atomic E-state index is 0.726. The van der Waals surface area contributed by atoms with Crippen molar-refractivity contribution in [3.8, 4) is 0 Å². The van der Waals surface area contributed by atoms with Gasteiger partial charge in [0.25, 0.3) is 6.04 Å². The van der Waals surface area contributed by atoms with Crippen molar-refractivity contribution in [2.45, 2.75) is 18.1 Å². The Morgan fingerprint density at radius 2 is 1.50 bits per heavy atom. The molecule has 90 valence electrons. The van der Waals surface area contributed by atoms with E-state index in [4.69, 9.17) is 0 Å². The van der Waals surface area contributed by atoms with E-state index in [9.17, 15) is 19.7 Å².